The molecule has 0 saturated carbocycles. The summed E-state index contributed by atoms with van der Waals surface area (Å²) in [6, 6.07) is 30.2. The highest BCUT2D eigenvalue weighted by Crippen LogP contribution is 2.47. The molecular formula is C36H33NO8. The van der Waals surface area contributed by atoms with E-state index in [4.69, 9.17) is 9.47 Å². The number of hydrogen-bond donors (Lipinski definition) is 3. The minimum absolute atomic E-state index is 0.0100. The number of aryl methyl sites for hydroxylation is 2. The van der Waals surface area contributed by atoms with Crippen LogP contribution in [0.4, 0.5) is 0 Å². The Morgan fingerprint density at radius 2 is 1.13 bits per heavy atom. The zero-order chi connectivity index (χ0) is 32.3. The normalized spacial score (nSPS) is 18.6. The molecule has 0 spiro atoms. The van der Waals surface area contributed by atoms with Crippen LogP contribution < -0.4 is 5.32 Å². The molecule has 2 unspecified atom stereocenters. The number of carbonyl (C=O) groups is 4. The molecule has 0 radical (unpaired) electrons. The molecule has 0 saturated heterocycles. The number of esters is 2. The van der Waals surface area contributed by atoms with Gasteiger partial charge in [0.15, 0.2) is 0 Å². The average Bonchev–Trinajstić information content (AvgIpc) is 3.26. The molecule has 9 nitrogen and oxygen atoms in total. The number of rotatable bonds is 7. The molecule has 0 aliphatic carbocycles. The van der Waals surface area contributed by atoms with E-state index in [0.29, 0.717) is 6.04 Å². The maximum absolute atomic E-state index is 12.2. The van der Waals surface area contributed by atoms with Crippen molar-refractivity contribution >= 4 is 23.9 Å². The molecule has 3 N–H and O–H groups in total. The first-order chi connectivity index (χ1) is 21.5. The number of ether oxygens (including phenoxy) is 2. The van der Waals surface area contributed by atoms with Crippen LogP contribution in [0.25, 0.3) is 0 Å². The standard InChI is InChI=1S/C20H18O8.C16H15N/c1-11-3-7-13(8-4-11)19(25)27-15(17(21)22)16(18(23)24)28-20(26)14-9-5-12(2)6-10-14;1-16-13-8-4-2-6-11(13)10-15(17-16)12-7-3-5-9-14(12)16/h3-10,15-16H,1-2H3,(H,21,22)(H,23,24);2-9,15,17H,10H2,1H3/t15-,16-;/m0./s1. The number of benzene rings is 4. The van der Waals surface area contributed by atoms with Crippen molar-refractivity contribution in [1.82, 2.24) is 5.32 Å². The third-order valence-corrected chi connectivity index (χ3v) is 8.12. The monoisotopic (exact) mass is 607 g/mol. The predicted molar refractivity (Wildman–Crippen MR) is 165 cm³/mol. The fourth-order valence-electron chi connectivity index (χ4n) is 5.78. The smallest absolute Gasteiger partial charge is 0.349 e. The van der Waals surface area contributed by atoms with E-state index in [9.17, 15) is 29.4 Å². The first-order valence-electron chi connectivity index (χ1n) is 14.4. The molecule has 6 rings (SSSR count). The lowest BCUT2D eigenvalue weighted by Crippen LogP contribution is -2.45. The van der Waals surface area contributed by atoms with Gasteiger partial charge in [-0.3, -0.25) is 5.32 Å². The minimum Gasteiger partial charge on any atom is -0.478 e. The van der Waals surface area contributed by atoms with E-state index in [0.717, 1.165) is 17.5 Å². The van der Waals surface area contributed by atoms with E-state index >= 15 is 0 Å². The molecule has 0 fully saturated rings. The summed E-state index contributed by atoms with van der Waals surface area (Å²) in [6.07, 6.45) is -3.33. The summed E-state index contributed by atoms with van der Waals surface area (Å²) in [5, 5.41) is 22.4. The number of fused-ring (bicyclic) bond motifs is 7. The van der Waals surface area contributed by atoms with Gasteiger partial charge in [0.05, 0.1) is 16.7 Å². The van der Waals surface area contributed by atoms with Crippen LogP contribution in [0.2, 0.25) is 0 Å². The fraction of sp³-hybridized carbons (Fsp3) is 0.222. The van der Waals surface area contributed by atoms with E-state index in [1.807, 2.05) is 0 Å². The number of aliphatic carboxylic acids is 2. The summed E-state index contributed by atoms with van der Waals surface area (Å²) in [5.74, 6) is -5.62. The van der Waals surface area contributed by atoms with Crippen molar-refractivity contribution < 1.29 is 38.9 Å². The van der Waals surface area contributed by atoms with Crippen molar-refractivity contribution in [3.8, 4) is 0 Å². The van der Waals surface area contributed by atoms with Gasteiger partial charge in [0, 0.05) is 6.04 Å². The molecule has 0 amide bonds. The molecule has 2 aliphatic rings. The molecule has 9 heteroatoms. The molecule has 45 heavy (non-hydrogen) atoms. The quantitative estimate of drug-likeness (QED) is 0.237. The van der Waals surface area contributed by atoms with Gasteiger partial charge in [-0.15, -0.1) is 0 Å². The molecule has 4 aromatic rings. The lowest BCUT2D eigenvalue weighted by molar-refractivity contribution is -0.166. The maximum atomic E-state index is 12.2. The summed E-state index contributed by atoms with van der Waals surface area (Å²) in [6.45, 7) is 5.89. The van der Waals surface area contributed by atoms with Crippen LogP contribution in [-0.4, -0.2) is 46.3 Å². The first-order valence-corrected chi connectivity index (χ1v) is 14.4. The Labute approximate surface area is 260 Å². The molecule has 0 aromatic heterocycles. The second-order valence-electron chi connectivity index (χ2n) is 11.3. The van der Waals surface area contributed by atoms with Gasteiger partial charge in [-0.1, -0.05) is 83.9 Å². The Morgan fingerprint density at radius 3 is 1.62 bits per heavy atom. The lowest BCUT2D eigenvalue weighted by Gasteiger charge is -2.34. The fourth-order valence-corrected chi connectivity index (χ4v) is 5.78. The molecule has 2 heterocycles. The number of hydrogen-bond acceptors (Lipinski definition) is 7. The third kappa shape index (κ3) is 6.49. The summed E-state index contributed by atoms with van der Waals surface area (Å²) in [5.41, 5.74) is 7.67. The van der Waals surface area contributed by atoms with E-state index in [1.165, 1.54) is 46.5 Å². The highest BCUT2D eigenvalue weighted by atomic mass is 16.6. The highest BCUT2D eigenvalue weighted by Gasteiger charge is 2.45. The summed E-state index contributed by atoms with van der Waals surface area (Å²) >= 11 is 0. The number of carboxylic acids is 2. The van der Waals surface area contributed by atoms with Gasteiger partial charge in [0.25, 0.3) is 0 Å². The summed E-state index contributed by atoms with van der Waals surface area (Å²) in [4.78, 5) is 47.3. The molecule has 4 atom stereocenters. The Bertz CT molecular complexity index is 1660. The van der Waals surface area contributed by atoms with Crippen LogP contribution in [0.3, 0.4) is 0 Å². The average molecular weight is 608 g/mol. The third-order valence-electron chi connectivity index (χ3n) is 8.12. The van der Waals surface area contributed by atoms with Gasteiger partial charge in [-0.2, -0.15) is 0 Å². The van der Waals surface area contributed by atoms with Crippen molar-refractivity contribution in [1.29, 1.82) is 0 Å². The van der Waals surface area contributed by atoms with E-state index in [-0.39, 0.29) is 16.7 Å². The largest absolute Gasteiger partial charge is 0.478 e. The minimum atomic E-state index is -2.22. The van der Waals surface area contributed by atoms with Gasteiger partial charge in [0.2, 0.25) is 12.2 Å². The van der Waals surface area contributed by atoms with Gasteiger partial charge < -0.3 is 19.7 Å². The van der Waals surface area contributed by atoms with Crippen molar-refractivity contribution in [3.63, 3.8) is 0 Å². The van der Waals surface area contributed by atoms with Crippen LogP contribution in [0.5, 0.6) is 0 Å². The molecule has 4 aromatic carbocycles. The predicted octanol–water partition coefficient (Wildman–Crippen LogP) is 5.37. The zero-order valence-corrected chi connectivity index (χ0v) is 25.0. The van der Waals surface area contributed by atoms with E-state index < -0.39 is 36.1 Å². The SMILES string of the molecule is CC12NC(Cc3ccccc31)c1ccccc12.Cc1ccc(C(=O)O[C@H](C(=O)O)[C@H](OC(=O)c2ccc(C)cc2)C(=O)O)cc1. The van der Waals surface area contributed by atoms with Crippen LogP contribution in [0.1, 0.15) is 67.1 Å². The zero-order valence-electron chi connectivity index (χ0n) is 25.0. The summed E-state index contributed by atoms with van der Waals surface area (Å²) in [7, 11) is 0. The number of nitrogens with one attached hydrogen (secondary N) is 1. The topological polar surface area (TPSA) is 139 Å². The molecule has 2 aliphatic heterocycles. The van der Waals surface area contributed by atoms with E-state index in [2.05, 4.69) is 60.8 Å². The number of carbonyl (C=O) groups excluding carboxylic acids is 2. The second-order valence-corrected chi connectivity index (χ2v) is 11.3. The molecule has 230 valence electrons. The van der Waals surface area contributed by atoms with Crippen LogP contribution in [-0.2, 0) is 31.0 Å². The molecule has 2 bridgehead atoms. The Morgan fingerprint density at radius 1 is 0.689 bits per heavy atom. The lowest BCUT2D eigenvalue weighted by atomic mass is 9.82. The van der Waals surface area contributed by atoms with Gasteiger partial charge in [0.1, 0.15) is 0 Å². The second kappa shape index (κ2) is 12.8. The van der Waals surface area contributed by atoms with Gasteiger partial charge >= 0.3 is 23.9 Å². The van der Waals surface area contributed by atoms with Crippen molar-refractivity contribution in [2.75, 3.05) is 0 Å². The van der Waals surface area contributed by atoms with Crippen LogP contribution in [0.15, 0.2) is 97.1 Å². The van der Waals surface area contributed by atoms with Crippen LogP contribution >= 0.6 is 0 Å². The molecular weight excluding hydrogens is 574 g/mol. The highest BCUT2D eigenvalue weighted by molar-refractivity contribution is 5.95. The van der Waals surface area contributed by atoms with Gasteiger partial charge in [-0.25, -0.2) is 19.2 Å². The number of carboxylic acid groups (broad SMARTS) is 2. The van der Waals surface area contributed by atoms with Crippen molar-refractivity contribution in [2.24, 2.45) is 0 Å². The summed E-state index contributed by atoms with van der Waals surface area (Å²) < 4.78 is 9.64. The van der Waals surface area contributed by atoms with Crippen molar-refractivity contribution in [3.05, 3.63) is 142 Å². The van der Waals surface area contributed by atoms with Crippen LogP contribution in [0, 0.1) is 13.8 Å². The van der Waals surface area contributed by atoms with Crippen molar-refractivity contribution in [2.45, 2.75) is 51.0 Å². The van der Waals surface area contributed by atoms with Gasteiger partial charge in [-0.05, 0) is 73.7 Å². The Balaban J connectivity index is 0.000000198. The first kappa shape index (κ1) is 31.2. The maximum Gasteiger partial charge on any atom is 0.349 e. The Hall–Kier alpha value is -5.28. The van der Waals surface area contributed by atoms with E-state index in [1.54, 1.807) is 38.1 Å². The Kier molecular flexibility index (Phi) is 8.83.